The smallest absolute Gasteiger partial charge is 0.305 e. The molecule has 1 heterocycles. The van der Waals surface area contributed by atoms with Gasteiger partial charge in [-0.2, -0.15) is 0 Å². The molecule has 5 nitrogen and oxygen atoms in total. The second kappa shape index (κ2) is 6.41. The van der Waals surface area contributed by atoms with Crippen LogP contribution in [0.3, 0.4) is 0 Å². The van der Waals surface area contributed by atoms with E-state index in [2.05, 4.69) is 33.4 Å². The standard InChI is InChI=1S/C17H13IN2O3/c1-10-13-4-2-3-5-14(13)23-15(10)17(22)20-19-16(21)11-6-8-12(18)9-7-11/h2-9H,1H3,(H,19,21)(H,20,22). The van der Waals surface area contributed by atoms with Crippen molar-refractivity contribution in [1.29, 1.82) is 0 Å². The first-order valence-electron chi connectivity index (χ1n) is 6.90. The number of rotatable bonds is 2. The van der Waals surface area contributed by atoms with Crippen molar-refractivity contribution in [2.24, 2.45) is 0 Å². The van der Waals surface area contributed by atoms with Gasteiger partial charge < -0.3 is 4.42 Å². The number of fused-ring (bicyclic) bond motifs is 1. The fourth-order valence-corrected chi connectivity index (χ4v) is 2.59. The summed E-state index contributed by atoms with van der Waals surface area (Å²) in [7, 11) is 0. The molecular weight excluding hydrogens is 407 g/mol. The van der Waals surface area contributed by atoms with Crippen LogP contribution in [0.15, 0.2) is 52.9 Å². The third-order valence-corrected chi connectivity index (χ3v) is 4.17. The van der Waals surface area contributed by atoms with Crippen LogP contribution in [-0.2, 0) is 0 Å². The summed E-state index contributed by atoms with van der Waals surface area (Å²) in [6, 6.07) is 14.4. The number of aryl methyl sites for hydroxylation is 1. The fraction of sp³-hybridized carbons (Fsp3) is 0.0588. The Morgan fingerprint density at radius 1 is 0.957 bits per heavy atom. The van der Waals surface area contributed by atoms with Crippen molar-refractivity contribution in [2.45, 2.75) is 6.92 Å². The number of nitrogens with one attached hydrogen (secondary N) is 2. The quantitative estimate of drug-likeness (QED) is 0.493. The molecule has 0 spiro atoms. The van der Waals surface area contributed by atoms with Crippen molar-refractivity contribution < 1.29 is 14.0 Å². The molecule has 0 fully saturated rings. The lowest BCUT2D eigenvalue weighted by Gasteiger charge is -2.06. The highest BCUT2D eigenvalue weighted by Gasteiger charge is 2.18. The molecule has 0 radical (unpaired) electrons. The molecule has 6 heteroatoms. The highest BCUT2D eigenvalue weighted by Crippen LogP contribution is 2.24. The van der Waals surface area contributed by atoms with E-state index in [9.17, 15) is 9.59 Å². The molecule has 1 aromatic heterocycles. The van der Waals surface area contributed by atoms with Gasteiger partial charge in [0.1, 0.15) is 5.58 Å². The van der Waals surface area contributed by atoms with Gasteiger partial charge in [0.05, 0.1) is 0 Å². The Balaban J connectivity index is 1.72. The monoisotopic (exact) mass is 420 g/mol. The van der Waals surface area contributed by atoms with Crippen molar-refractivity contribution in [2.75, 3.05) is 0 Å². The maximum atomic E-state index is 12.2. The number of halogens is 1. The van der Waals surface area contributed by atoms with Gasteiger partial charge in [-0.15, -0.1) is 0 Å². The highest BCUT2D eigenvalue weighted by molar-refractivity contribution is 14.1. The minimum atomic E-state index is -0.488. The van der Waals surface area contributed by atoms with Gasteiger partial charge >= 0.3 is 5.91 Å². The van der Waals surface area contributed by atoms with Gasteiger partial charge in [-0.1, -0.05) is 18.2 Å². The first-order chi connectivity index (χ1) is 11.1. The van der Waals surface area contributed by atoms with Gasteiger partial charge in [0, 0.05) is 20.1 Å². The number of carbonyl (C=O) groups is 2. The number of benzene rings is 2. The molecule has 3 rings (SSSR count). The number of carbonyl (C=O) groups excluding carboxylic acids is 2. The zero-order valence-corrected chi connectivity index (χ0v) is 14.4. The number of hydrazine groups is 1. The predicted molar refractivity (Wildman–Crippen MR) is 95.0 cm³/mol. The Morgan fingerprint density at radius 3 is 2.30 bits per heavy atom. The third kappa shape index (κ3) is 3.21. The second-order valence-corrected chi connectivity index (χ2v) is 6.21. The molecule has 0 aliphatic carbocycles. The molecule has 0 aliphatic rings. The molecule has 0 bridgehead atoms. The number of para-hydroxylation sites is 1. The average molecular weight is 420 g/mol. The van der Waals surface area contributed by atoms with Crippen LogP contribution in [0, 0.1) is 10.5 Å². The molecule has 116 valence electrons. The van der Waals surface area contributed by atoms with Crippen molar-refractivity contribution in [1.82, 2.24) is 10.9 Å². The summed E-state index contributed by atoms with van der Waals surface area (Å²) in [5, 5.41) is 0.876. The van der Waals surface area contributed by atoms with Gasteiger partial charge in [-0.3, -0.25) is 20.4 Å². The summed E-state index contributed by atoms with van der Waals surface area (Å²) in [6.45, 7) is 1.81. The SMILES string of the molecule is Cc1c(C(=O)NNC(=O)c2ccc(I)cc2)oc2ccccc12. The number of furan rings is 1. The second-order valence-electron chi connectivity index (χ2n) is 4.97. The molecule has 3 aromatic rings. The van der Waals surface area contributed by atoms with Crippen molar-refractivity contribution in [3.8, 4) is 0 Å². The van der Waals surface area contributed by atoms with Crippen molar-refractivity contribution >= 4 is 45.4 Å². The Kier molecular flexibility index (Phi) is 4.33. The molecule has 0 aliphatic heterocycles. The minimum absolute atomic E-state index is 0.189. The lowest BCUT2D eigenvalue weighted by atomic mass is 10.1. The fourth-order valence-electron chi connectivity index (χ4n) is 2.23. The molecule has 2 amide bonds. The van der Waals surface area contributed by atoms with E-state index in [4.69, 9.17) is 4.42 Å². The molecular formula is C17H13IN2O3. The maximum absolute atomic E-state index is 12.2. The van der Waals surface area contributed by atoms with Gasteiger partial charge in [-0.25, -0.2) is 0 Å². The number of hydrogen-bond acceptors (Lipinski definition) is 3. The van der Waals surface area contributed by atoms with Crippen LogP contribution >= 0.6 is 22.6 Å². The zero-order chi connectivity index (χ0) is 16.4. The summed E-state index contributed by atoms with van der Waals surface area (Å²) in [5.41, 5.74) is 6.61. The summed E-state index contributed by atoms with van der Waals surface area (Å²) >= 11 is 2.16. The van der Waals surface area contributed by atoms with E-state index in [0.29, 0.717) is 11.1 Å². The first-order valence-corrected chi connectivity index (χ1v) is 7.98. The van der Waals surface area contributed by atoms with E-state index in [1.165, 1.54) is 0 Å². The van der Waals surface area contributed by atoms with Gasteiger partial charge in [0.25, 0.3) is 5.91 Å². The van der Waals surface area contributed by atoms with E-state index in [-0.39, 0.29) is 11.7 Å². The van der Waals surface area contributed by atoms with Crippen molar-refractivity contribution in [3.63, 3.8) is 0 Å². The first kappa shape index (κ1) is 15.5. The van der Waals surface area contributed by atoms with Gasteiger partial charge in [0.15, 0.2) is 5.76 Å². The van der Waals surface area contributed by atoms with E-state index in [1.807, 2.05) is 37.3 Å². The summed E-state index contributed by atoms with van der Waals surface area (Å²) in [4.78, 5) is 24.2. The van der Waals surface area contributed by atoms with E-state index < -0.39 is 5.91 Å². The van der Waals surface area contributed by atoms with Crippen molar-refractivity contribution in [3.05, 3.63) is 69.0 Å². The Bertz CT molecular complexity index is 884. The summed E-state index contributed by atoms with van der Waals surface area (Å²) in [6.07, 6.45) is 0. The van der Waals surface area contributed by atoms with Gasteiger partial charge in [0.2, 0.25) is 0 Å². The highest BCUT2D eigenvalue weighted by atomic mass is 127. The van der Waals surface area contributed by atoms with Crippen LogP contribution in [0.1, 0.15) is 26.5 Å². The lowest BCUT2D eigenvalue weighted by Crippen LogP contribution is -2.41. The lowest BCUT2D eigenvalue weighted by molar-refractivity contribution is 0.0831. The maximum Gasteiger partial charge on any atom is 0.305 e. The number of hydrogen-bond donors (Lipinski definition) is 2. The number of amides is 2. The summed E-state index contributed by atoms with van der Waals surface area (Å²) in [5.74, 6) is -0.685. The van der Waals surface area contributed by atoms with E-state index in [0.717, 1.165) is 14.5 Å². The molecule has 23 heavy (non-hydrogen) atoms. The molecule has 2 N–H and O–H groups in total. The Labute approximate surface area is 146 Å². The molecule has 0 atom stereocenters. The molecule has 0 unspecified atom stereocenters. The molecule has 0 saturated heterocycles. The topological polar surface area (TPSA) is 71.3 Å². The molecule has 0 saturated carbocycles. The summed E-state index contributed by atoms with van der Waals surface area (Å²) < 4.78 is 6.58. The van der Waals surface area contributed by atoms with Crippen LogP contribution in [0.2, 0.25) is 0 Å². The van der Waals surface area contributed by atoms with E-state index in [1.54, 1.807) is 18.2 Å². The van der Waals surface area contributed by atoms with Crippen LogP contribution in [-0.4, -0.2) is 11.8 Å². The van der Waals surface area contributed by atoms with Crippen LogP contribution in [0.5, 0.6) is 0 Å². The Hall–Kier alpha value is -2.35. The third-order valence-electron chi connectivity index (χ3n) is 3.45. The normalized spacial score (nSPS) is 10.5. The van der Waals surface area contributed by atoms with E-state index >= 15 is 0 Å². The average Bonchev–Trinajstić information content (AvgIpc) is 2.90. The minimum Gasteiger partial charge on any atom is -0.451 e. The Morgan fingerprint density at radius 2 is 1.61 bits per heavy atom. The van der Waals surface area contributed by atoms with Crippen LogP contribution in [0.25, 0.3) is 11.0 Å². The van der Waals surface area contributed by atoms with Crippen LogP contribution < -0.4 is 10.9 Å². The van der Waals surface area contributed by atoms with Gasteiger partial charge in [-0.05, 0) is 59.8 Å². The molecule has 2 aromatic carbocycles. The predicted octanol–water partition coefficient (Wildman–Crippen LogP) is 3.42. The zero-order valence-electron chi connectivity index (χ0n) is 12.2. The largest absolute Gasteiger partial charge is 0.451 e. The van der Waals surface area contributed by atoms with Crippen LogP contribution in [0.4, 0.5) is 0 Å².